The Morgan fingerprint density at radius 1 is 0.912 bits per heavy atom. The molecule has 0 saturated carbocycles. The molecule has 0 atom stereocenters. The highest BCUT2D eigenvalue weighted by Crippen LogP contribution is 2.31. The molecular formula is C26H25BrN6S. The standard InChI is InChI=1S/C26H25BrN6S/c1-2-21-10-6-7-11-24(21)33-26(34-18-20-8-4-3-5-9-20)23(16-28-33)25-29-30-31-32(25)17-19-12-14-22(27)15-13-19/h3-16,30-31H,2,17-18H2,1H3. The van der Waals surface area contributed by atoms with Gasteiger partial charge >= 0.3 is 0 Å². The lowest BCUT2D eigenvalue weighted by atomic mass is 10.1. The van der Waals surface area contributed by atoms with Crippen LogP contribution in [-0.2, 0) is 18.7 Å². The van der Waals surface area contributed by atoms with E-state index in [1.54, 1.807) is 11.8 Å². The highest BCUT2D eigenvalue weighted by molar-refractivity contribution is 9.10. The molecule has 0 unspecified atom stereocenters. The van der Waals surface area contributed by atoms with Crippen LogP contribution < -0.4 is 11.1 Å². The smallest absolute Gasteiger partial charge is 0.177 e. The van der Waals surface area contributed by atoms with E-state index in [1.807, 2.05) is 17.3 Å². The van der Waals surface area contributed by atoms with Crippen molar-refractivity contribution in [3.63, 3.8) is 0 Å². The largest absolute Gasteiger partial charge is 0.266 e. The number of hydrogen-bond donors (Lipinski definition) is 2. The fraction of sp³-hybridized carbons (Fsp3) is 0.154. The summed E-state index contributed by atoms with van der Waals surface area (Å²) < 4.78 is 3.12. The first-order chi connectivity index (χ1) is 16.7. The second-order valence-corrected chi connectivity index (χ2v) is 9.78. The van der Waals surface area contributed by atoms with Crippen LogP contribution in [0.25, 0.3) is 5.69 Å². The van der Waals surface area contributed by atoms with Crippen LogP contribution in [0, 0.1) is 0 Å². The predicted molar refractivity (Wildman–Crippen MR) is 141 cm³/mol. The number of halogens is 1. The molecule has 0 radical (unpaired) electrons. The number of hydrazone groups is 1. The van der Waals surface area contributed by atoms with Crippen molar-refractivity contribution in [2.75, 3.05) is 0 Å². The zero-order valence-electron chi connectivity index (χ0n) is 18.8. The number of thioether (sulfide) groups is 1. The fourth-order valence-electron chi connectivity index (χ4n) is 3.89. The van der Waals surface area contributed by atoms with Crippen LogP contribution in [0.1, 0.15) is 29.2 Å². The number of amidine groups is 1. The first kappa shape index (κ1) is 22.7. The number of nitrogens with zero attached hydrogens (tertiary/aromatic N) is 4. The average molecular weight is 533 g/mol. The molecule has 2 N–H and O–H groups in total. The number of hydrogen-bond acceptors (Lipinski definition) is 6. The third kappa shape index (κ3) is 4.89. The van der Waals surface area contributed by atoms with Gasteiger partial charge in [-0.1, -0.05) is 83.5 Å². The maximum absolute atomic E-state index is 4.83. The van der Waals surface area contributed by atoms with Gasteiger partial charge in [-0.25, -0.2) is 10.2 Å². The van der Waals surface area contributed by atoms with Crippen molar-refractivity contribution < 1.29 is 0 Å². The van der Waals surface area contributed by atoms with Gasteiger partial charge in [0.25, 0.3) is 0 Å². The topological polar surface area (TPSA) is 57.5 Å². The van der Waals surface area contributed by atoms with Gasteiger partial charge in [-0.3, -0.25) is 5.01 Å². The molecule has 0 aliphatic carbocycles. The minimum absolute atomic E-state index is 0.665. The molecule has 0 fully saturated rings. The second-order valence-electron chi connectivity index (χ2n) is 7.90. The Kier molecular flexibility index (Phi) is 6.99. The van der Waals surface area contributed by atoms with E-state index >= 15 is 0 Å². The van der Waals surface area contributed by atoms with Crippen LogP contribution in [0.5, 0.6) is 0 Å². The highest BCUT2D eigenvalue weighted by atomic mass is 79.9. The number of nitrogens with one attached hydrogen (secondary N) is 2. The monoisotopic (exact) mass is 532 g/mol. The number of hydrazine groups is 2. The van der Waals surface area contributed by atoms with Gasteiger partial charge in [0.05, 0.1) is 24.0 Å². The fourth-order valence-corrected chi connectivity index (χ4v) is 5.21. The summed E-state index contributed by atoms with van der Waals surface area (Å²) in [6.07, 6.45) is 2.86. The molecule has 3 aromatic carbocycles. The molecule has 4 aromatic rings. The normalized spacial score (nSPS) is 13.1. The van der Waals surface area contributed by atoms with Gasteiger partial charge in [0.15, 0.2) is 5.84 Å². The van der Waals surface area contributed by atoms with Crippen molar-refractivity contribution in [3.05, 3.63) is 112 Å². The SMILES string of the molecule is CCc1ccccc1-n1ncc(C2=NNNN2Cc2ccc(Br)cc2)c1SCc1ccccc1. The molecule has 1 aliphatic heterocycles. The first-order valence-corrected chi connectivity index (χ1v) is 12.9. The van der Waals surface area contributed by atoms with Gasteiger partial charge in [-0.05, 0) is 41.3 Å². The molecule has 0 amide bonds. The van der Waals surface area contributed by atoms with Crippen molar-refractivity contribution in [2.45, 2.75) is 30.7 Å². The Labute approximate surface area is 212 Å². The van der Waals surface area contributed by atoms with E-state index in [-0.39, 0.29) is 0 Å². The van der Waals surface area contributed by atoms with E-state index in [0.29, 0.717) is 6.54 Å². The minimum Gasteiger partial charge on any atom is -0.266 e. The second kappa shape index (κ2) is 10.5. The average Bonchev–Trinajstić information content (AvgIpc) is 3.51. The number of rotatable bonds is 8. The molecule has 5 rings (SSSR count). The Bertz CT molecular complexity index is 1290. The van der Waals surface area contributed by atoms with Gasteiger partial charge in [-0.2, -0.15) is 5.10 Å². The molecule has 0 spiro atoms. The van der Waals surface area contributed by atoms with E-state index in [2.05, 4.69) is 117 Å². The molecule has 6 nitrogen and oxygen atoms in total. The lowest BCUT2D eigenvalue weighted by molar-refractivity contribution is 0.288. The first-order valence-electron chi connectivity index (χ1n) is 11.2. The molecule has 2 heterocycles. The number of para-hydroxylation sites is 1. The third-order valence-electron chi connectivity index (χ3n) is 5.64. The minimum atomic E-state index is 0.665. The lowest BCUT2D eigenvalue weighted by Gasteiger charge is -2.19. The van der Waals surface area contributed by atoms with Gasteiger partial charge in [0.2, 0.25) is 0 Å². The van der Waals surface area contributed by atoms with E-state index in [0.717, 1.165) is 38.8 Å². The van der Waals surface area contributed by atoms with E-state index < -0.39 is 0 Å². The summed E-state index contributed by atoms with van der Waals surface area (Å²) in [6, 6.07) is 27.3. The van der Waals surface area contributed by atoms with E-state index in [1.165, 1.54) is 16.7 Å². The zero-order chi connectivity index (χ0) is 23.3. The molecular weight excluding hydrogens is 508 g/mol. The molecule has 0 bridgehead atoms. The summed E-state index contributed by atoms with van der Waals surface area (Å²) in [5.41, 5.74) is 11.9. The van der Waals surface area contributed by atoms with Gasteiger partial charge in [0.1, 0.15) is 5.03 Å². The van der Waals surface area contributed by atoms with Crippen LogP contribution in [0.3, 0.4) is 0 Å². The van der Waals surface area contributed by atoms with Crippen LogP contribution >= 0.6 is 27.7 Å². The number of aromatic nitrogens is 2. The summed E-state index contributed by atoms with van der Waals surface area (Å²) in [5.74, 6) is 1.66. The summed E-state index contributed by atoms with van der Waals surface area (Å²) in [5, 5.41) is 12.5. The number of aryl methyl sites for hydroxylation is 1. The van der Waals surface area contributed by atoms with Crippen LogP contribution in [0.2, 0.25) is 0 Å². The third-order valence-corrected chi connectivity index (χ3v) is 7.31. The van der Waals surface area contributed by atoms with Gasteiger partial charge in [0, 0.05) is 10.2 Å². The lowest BCUT2D eigenvalue weighted by Crippen LogP contribution is -2.40. The van der Waals surface area contributed by atoms with Gasteiger partial charge in [-0.15, -0.1) is 22.4 Å². The zero-order valence-corrected chi connectivity index (χ0v) is 21.2. The molecule has 172 valence electrons. The highest BCUT2D eigenvalue weighted by Gasteiger charge is 2.26. The summed E-state index contributed by atoms with van der Waals surface area (Å²) in [6.45, 7) is 2.84. The van der Waals surface area contributed by atoms with Crippen LogP contribution in [0.15, 0.2) is 99.7 Å². The quantitative estimate of drug-likeness (QED) is 0.286. The summed E-state index contributed by atoms with van der Waals surface area (Å²) >= 11 is 5.29. The van der Waals surface area contributed by atoms with E-state index in [4.69, 9.17) is 5.10 Å². The molecule has 1 aliphatic rings. The van der Waals surface area contributed by atoms with Crippen LogP contribution in [0.4, 0.5) is 0 Å². The summed E-state index contributed by atoms with van der Waals surface area (Å²) in [7, 11) is 0. The Hall–Kier alpha value is -3.07. The molecule has 8 heteroatoms. The van der Waals surface area contributed by atoms with Crippen molar-refractivity contribution >= 4 is 33.5 Å². The Morgan fingerprint density at radius 2 is 1.68 bits per heavy atom. The van der Waals surface area contributed by atoms with Crippen molar-refractivity contribution in [1.82, 2.24) is 25.9 Å². The van der Waals surface area contributed by atoms with Crippen molar-refractivity contribution in [1.29, 1.82) is 0 Å². The van der Waals surface area contributed by atoms with Crippen molar-refractivity contribution in [3.8, 4) is 5.69 Å². The Morgan fingerprint density at radius 3 is 2.47 bits per heavy atom. The molecule has 1 aromatic heterocycles. The maximum Gasteiger partial charge on any atom is 0.177 e. The maximum atomic E-state index is 4.83. The van der Waals surface area contributed by atoms with Gasteiger partial charge < -0.3 is 0 Å². The molecule has 0 saturated heterocycles. The number of benzene rings is 3. The van der Waals surface area contributed by atoms with Crippen molar-refractivity contribution in [2.24, 2.45) is 5.10 Å². The summed E-state index contributed by atoms with van der Waals surface area (Å²) in [4.78, 5) is 0. The predicted octanol–water partition coefficient (Wildman–Crippen LogP) is 5.68. The van der Waals surface area contributed by atoms with E-state index in [9.17, 15) is 0 Å². The molecule has 34 heavy (non-hydrogen) atoms. The Balaban J connectivity index is 1.50. The van der Waals surface area contributed by atoms with Crippen LogP contribution in [-0.4, -0.2) is 20.6 Å².